The molecule has 2 atom stereocenters. The van der Waals surface area contributed by atoms with Gasteiger partial charge in [-0.2, -0.15) is 0 Å². The maximum atomic E-state index is 9.48. The normalized spacial score (nSPS) is 16.0. The minimum atomic E-state index is -0.446. The van der Waals surface area contributed by atoms with Gasteiger partial charge in [0, 0.05) is 18.9 Å². The third-order valence-corrected chi connectivity index (χ3v) is 2.16. The summed E-state index contributed by atoms with van der Waals surface area (Å²) in [5, 5.41) is 9.48. The number of nitrogens with two attached hydrogens (primary N) is 1. The maximum Gasteiger partial charge on any atom is 0.0744 e. The van der Waals surface area contributed by atoms with Crippen molar-refractivity contribution in [3.8, 4) is 0 Å². The van der Waals surface area contributed by atoms with E-state index >= 15 is 0 Å². The molecule has 68 valence electrons. The highest BCUT2D eigenvalue weighted by Crippen LogP contribution is 2.15. The van der Waals surface area contributed by atoms with Crippen LogP contribution in [0, 0.1) is 0 Å². The Hall–Kier alpha value is -0.800. The van der Waals surface area contributed by atoms with Crippen LogP contribution in [0.4, 0.5) is 0 Å². The van der Waals surface area contributed by atoms with Crippen LogP contribution in [0.3, 0.4) is 0 Å². The topological polar surface area (TPSA) is 51.2 Å². The van der Waals surface area contributed by atoms with Crippen LogP contribution in [0.25, 0.3) is 0 Å². The van der Waals surface area contributed by atoms with Crippen LogP contribution in [0.15, 0.2) is 18.3 Å². The average molecular weight is 168 g/mol. The van der Waals surface area contributed by atoms with Crippen molar-refractivity contribution < 1.29 is 5.11 Å². The second-order valence-corrected chi connectivity index (χ2v) is 3.05. The summed E-state index contributed by atoms with van der Waals surface area (Å²) < 4.78 is 1.93. The van der Waals surface area contributed by atoms with Crippen molar-refractivity contribution in [3.63, 3.8) is 0 Å². The molecule has 0 saturated heterocycles. The van der Waals surface area contributed by atoms with E-state index in [2.05, 4.69) is 0 Å². The molecular formula is C9H16N2O. The molecule has 0 fully saturated rings. The number of aryl methyl sites for hydroxylation is 1. The lowest BCUT2D eigenvalue weighted by Crippen LogP contribution is -2.27. The Morgan fingerprint density at radius 3 is 2.75 bits per heavy atom. The van der Waals surface area contributed by atoms with Gasteiger partial charge in [0.25, 0.3) is 0 Å². The lowest BCUT2D eigenvalue weighted by Gasteiger charge is -2.17. The second kappa shape index (κ2) is 3.74. The molecule has 3 heteroatoms. The van der Waals surface area contributed by atoms with Crippen LogP contribution in [0.1, 0.15) is 25.1 Å². The zero-order chi connectivity index (χ0) is 9.14. The quantitative estimate of drug-likeness (QED) is 0.701. The van der Waals surface area contributed by atoms with E-state index in [0.29, 0.717) is 6.42 Å². The molecule has 3 N–H and O–H groups in total. The van der Waals surface area contributed by atoms with E-state index < -0.39 is 6.10 Å². The van der Waals surface area contributed by atoms with Crippen molar-refractivity contribution in [2.45, 2.75) is 25.5 Å². The summed E-state index contributed by atoms with van der Waals surface area (Å²) in [6.45, 7) is 1.92. The minimum Gasteiger partial charge on any atom is -0.391 e. The Bertz CT molecular complexity index is 244. The largest absolute Gasteiger partial charge is 0.391 e. The van der Waals surface area contributed by atoms with Gasteiger partial charge in [0.1, 0.15) is 0 Å². The summed E-state index contributed by atoms with van der Waals surface area (Å²) in [6.07, 6.45) is 2.17. The van der Waals surface area contributed by atoms with E-state index in [4.69, 9.17) is 5.73 Å². The predicted molar refractivity (Wildman–Crippen MR) is 48.6 cm³/mol. The van der Waals surface area contributed by atoms with Gasteiger partial charge in [0.15, 0.2) is 0 Å². The molecule has 1 rings (SSSR count). The molecule has 0 aliphatic carbocycles. The molecule has 0 unspecified atom stereocenters. The molecule has 0 aromatic carbocycles. The first kappa shape index (κ1) is 9.29. The minimum absolute atomic E-state index is 0.269. The zero-order valence-electron chi connectivity index (χ0n) is 7.57. The van der Waals surface area contributed by atoms with Crippen molar-refractivity contribution in [3.05, 3.63) is 24.0 Å². The van der Waals surface area contributed by atoms with Gasteiger partial charge in [-0.25, -0.2) is 0 Å². The molecule has 0 aliphatic heterocycles. The lowest BCUT2D eigenvalue weighted by molar-refractivity contribution is 0.138. The van der Waals surface area contributed by atoms with E-state index in [9.17, 15) is 5.11 Å². The molecule has 1 aromatic rings. The third kappa shape index (κ3) is 1.68. The second-order valence-electron chi connectivity index (χ2n) is 3.05. The predicted octanol–water partition coefficient (Wildman–Crippen LogP) is 0.796. The molecule has 0 saturated carbocycles. The average Bonchev–Trinajstić information content (AvgIpc) is 2.48. The van der Waals surface area contributed by atoms with Crippen molar-refractivity contribution in [2.75, 3.05) is 0 Å². The Kier molecular flexibility index (Phi) is 2.89. The van der Waals surface area contributed by atoms with Crippen LogP contribution >= 0.6 is 0 Å². The molecule has 0 aliphatic rings. The van der Waals surface area contributed by atoms with Crippen LogP contribution in [0.5, 0.6) is 0 Å². The smallest absolute Gasteiger partial charge is 0.0744 e. The van der Waals surface area contributed by atoms with E-state index in [1.807, 2.05) is 36.9 Å². The van der Waals surface area contributed by atoms with E-state index in [1.165, 1.54) is 0 Å². The Morgan fingerprint density at radius 2 is 2.33 bits per heavy atom. The SMILES string of the molecule is CC[C@H](O)[C@H](N)c1cccn1C. The number of aliphatic hydroxyl groups excluding tert-OH is 1. The van der Waals surface area contributed by atoms with Gasteiger partial charge in [-0.3, -0.25) is 0 Å². The fraction of sp³-hybridized carbons (Fsp3) is 0.556. The third-order valence-electron chi connectivity index (χ3n) is 2.16. The number of hydrogen-bond acceptors (Lipinski definition) is 2. The van der Waals surface area contributed by atoms with Crippen molar-refractivity contribution >= 4 is 0 Å². The summed E-state index contributed by atoms with van der Waals surface area (Å²) in [5.74, 6) is 0. The van der Waals surface area contributed by atoms with Crippen LogP contribution < -0.4 is 5.73 Å². The molecule has 0 radical (unpaired) electrons. The summed E-state index contributed by atoms with van der Waals surface area (Å²) in [7, 11) is 1.93. The van der Waals surface area contributed by atoms with Gasteiger partial charge in [-0.1, -0.05) is 6.92 Å². The first-order valence-electron chi connectivity index (χ1n) is 4.21. The van der Waals surface area contributed by atoms with Gasteiger partial charge in [-0.15, -0.1) is 0 Å². The fourth-order valence-corrected chi connectivity index (χ4v) is 1.27. The molecule has 0 spiro atoms. The highest BCUT2D eigenvalue weighted by Gasteiger charge is 2.16. The molecular weight excluding hydrogens is 152 g/mol. The zero-order valence-corrected chi connectivity index (χ0v) is 7.57. The Balaban J connectivity index is 2.77. The summed E-state index contributed by atoms with van der Waals surface area (Å²) >= 11 is 0. The number of rotatable bonds is 3. The number of nitrogens with zero attached hydrogens (tertiary/aromatic N) is 1. The van der Waals surface area contributed by atoms with Crippen molar-refractivity contribution in [2.24, 2.45) is 12.8 Å². The van der Waals surface area contributed by atoms with Crippen molar-refractivity contribution in [1.82, 2.24) is 4.57 Å². The molecule has 0 amide bonds. The van der Waals surface area contributed by atoms with Gasteiger partial charge in [0.2, 0.25) is 0 Å². The molecule has 0 bridgehead atoms. The summed E-state index contributed by atoms with van der Waals surface area (Å²) in [4.78, 5) is 0. The number of hydrogen-bond donors (Lipinski definition) is 2. The molecule has 1 aromatic heterocycles. The molecule has 3 nitrogen and oxygen atoms in total. The standard InChI is InChI=1S/C9H16N2O/c1-3-8(12)9(10)7-5-4-6-11(7)2/h4-6,8-9,12H,3,10H2,1-2H3/t8-,9+/m0/s1. The van der Waals surface area contributed by atoms with E-state index in [0.717, 1.165) is 5.69 Å². The first-order valence-corrected chi connectivity index (χ1v) is 4.21. The van der Waals surface area contributed by atoms with Gasteiger partial charge in [-0.05, 0) is 18.6 Å². The molecule has 1 heterocycles. The lowest BCUT2D eigenvalue weighted by atomic mass is 10.1. The fourth-order valence-electron chi connectivity index (χ4n) is 1.27. The monoisotopic (exact) mass is 168 g/mol. The Labute approximate surface area is 72.8 Å². The van der Waals surface area contributed by atoms with Crippen LogP contribution in [-0.4, -0.2) is 15.8 Å². The van der Waals surface area contributed by atoms with Gasteiger partial charge in [0.05, 0.1) is 12.1 Å². The molecule has 12 heavy (non-hydrogen) atoms. The maximum absolute atomic E-state index is 9.48. The Morgan fingerprint density at radius 1 is 1.67 bits per heavy atom. The van der Waals surface area contributed by atoms with E-state index in [1.54, 1.807) is 0 Å². The van der Waals surface area contributed by atoms with Crippen molar-refractivity contribution in [1.29, 1.82) is 0 Å². The number of aliphatic hydroxyl groups is 1. The van der Waals surface area contributed by atoms with Gasteiger partial charge >= 0.3 is 0 Å². The highest BCUT2D eigenvalue weighted by molar-refractivity contribution is 5.12. The first-order chi connectivity index (χ1) is 5.66. The highest BCUT2D eigenvalue weighted by atomic mass is 16.3. The van der Waals surface area contributed by atoms with Crippen LogP contribution in [0.2, 0.25) is 0 Å². The summed E-state index contributed by atoms with van der Waals surface area (Å²) in [6, 6.07) is 3.59. The van der Waals surface area contributed by atoms with Crippen LogP contribution in [-0.2, 0) is 7.05 Å². The van der Waals surface area contributed by atoms with Gasteiger partial charge < -0.3 is 15.4 Å². The number of aromatic nitrogens is 1. The van der Waals surface area contributed by atoms with E-state index in [-0.39, 0.29) is 6.04 Å². The summed E-state index contributed by atoms with van der Waals surface area (Å²) in [5.41, 5.74) is 6.80.